The molecule has 0 N–H and O–H groups in total. The maximum Gasteiger partial charge on any atom is 0.312 e. The molecule has 0 radical (unpaired) electrons. The molecule has 0 fully saturated rings. The van der Waals surface area contributed by atoms with Gasteiger partial charge in [-0.05, 0) is 36.6 Å². The van der Waals surface area contributed by atoms with Crippen LogP contribution < -0.4 is 10.4 Å². The third kappa shape index (κ3) is 4.77. The summed E-state index contributed by atoms with van der Waals surface area (Å²) in [6, 6.07) is 20.8. The van der Waals surface area contributed by atoms with Crippen molar-refractivity contribution in [2.24, 2.45) is 0 Å². The standard InChI is InChI=1S/C20H28O2Si3/c1-7-24(5,19-15-11-9-12-16-19)21-23(3,4)22-25(6,8-2)20-17-13-10-14-18-20/h7-18H,1-2H2,3-6H3. The van der Waals surface area contributed by atoms with Crippen LogP contribution in [0, 0.1) is 0 Å². The van der Waals surface area contributed by atoms with Crippen molar-refractivity contribution in [3.05, 3.63) is 85.2 Å². The van der Waals surface area contributed by atoms with Crippen LogP contribution in [0.5, 0.6) is 0 Å². The van der Waals surface area contributed by atoms with E-state index in [1.54, 1.807) is 0 Å². The SMILES string of the molecule is C=C[Si](C)(O[Si](C)(C)O[Si](C)(C=C)c1ccccc1)c1ccccc1. The molecule has 0 saturated carbocycles. The minimum absolute atomic E-state index is 1.22. The van der Waals surface area contributed by atoms with Gasteiger partial charge in [-0.2, -0.15) is 0 Å². The number of hydrogen-bond donors (Lipinski definition) is 0. The van der Waals surface area contributed by atoms with E-state index < -0.39 is 25.2 Å². The quantitative estimate of drug-likeness (QED) is 0.637. The van der Waals surface area contributed by atoms with E-state index in [0.717, 1.165) is 0 Å². The lowest BCUT2D eigenvalue weighted by atomic mass is 10.4. The van der Waals surface area contributed by atoms with E-state index in [1.807, 2.05) is 23.5 Å². The summed E-state index contributed by atoms with van der Waals surface area (Å²) in [7, 11) is -6.92. The van der Waals surface area contributed by atoms with Crippen molar-refractivity contribution in [1.82, 2.24) is 0 Å². The van der Waals surface area contributed by atoms with Crippen molar-refractivity contribution in [1.29, 1.82) is 0 Å². The second kappa shape index (κ2) is 7.80. The monoisotopic (exact) mass is 384 g/mol. The predicted molar refractivity (Wildman–Crippen MR) is 115 cm³/mol. The van der Waals surface area contributed by atoms with E-state index in [4.69, 9.17) is 8.23 Å². The first-order valence-corrected chi connectivity index (χ1v) is 16.3. The van der Waals surface area contributed by atoms with Gasteiger partial charge in [0.2, 0.25) is 16.6 Å². The first-order chi connectivity index (χ1) is 11.7. The first-order valence-electron chi connectivity index (χ1n) is 8.53. The molecule has 132 valence electrons. The highest BCUT2D eigenvalue weighted by atomic mass is 28.5. The highest BCUT2D eigenvalue weighted by molar-refractivity contribution is 6.99. The Kier molecular flexibility index (Phi) is 6.18. The smallest absolute Gasteiger partial charge is 0.312 e. The minimum atomic E-state index is -2.40. The molecule has 5 heteroatoms. The summed E-state index contributed by atoms with van der Waals surface area (Å²) in [6.07, 6.45) is 0. The number of benzene rings is 2. The van der Waals surface area contributed by atoms with E-state index in [0.29, 0.717) is 0 Å². The van der Waals surface area contributed by atoms with Crippen molar-refractivity contribution < 1.29 is 8.23 Å². The van der Waals surface area contributed by atoms with Crippen LogP contribution in [-0.2, 0) is 8.23 Å². The van der Waals surface area contributed by atoms with Crippen LogP contribution in [0.3, 0.4) is 0 Å². The van der Waals surface area contributed by atoms with Gasteiger partial charge in [-0.15, -0.1) is 13.2 Å². The van der Waals surface area contributed by atoms with Gasteiger partial charge in [0.15, 0.2) is 0 Å². The fourth-order valence-electron chi connectivity index (χ4n) is 3.02. The molecule has 0 heterocycles. The van der Waals surface area contributed by atoms with Gasteiger partial charge >= 0.3 is 8.56 Å². The Bertz CT molecular complexity index is 657. The fraction of sp³-hybridized carbons (Fsp3) is 0.200. The van der Waals surface area contributed by atoms with Crippen LogP contribution in [0.2, 0.25) is 26.2 Å². The van der Waals surface area contributed by atoms with E-state index in [-0.39, 0.29) is 0 Å². The van der Waals surface area contributed by atoms with E-state index in [2.05, 4.69) is 87.9 Å². The molecule has 0 saturated heterocycles. The summed E-state index contributed by atoms with van der Waals surface area (Å²) in [5.41, 5.74) is 3.99. The molecule has 0 bridgehead atoms. The minimum Gasteiger partial charge on any atom is -0.429 e. The second-order valence-corrected chi connectivity index (χ2v) is 17.8. The topological polar surface area (TPSA) is 18.5 Å². The van der Waals surface area contributed by atoms with Gasteiger partial charge in [0.25, 0.3) is 0 Å². The predicted octanol–water partition coefficient (Wildman–Crippen LogP) is 4.14. The molecule has 25 heavy (non-hydrogen) atoms. The lowest BCUT2D eigenvalue weighted by Crippen LogP contribution is -2.60. The van der Waals surface area contributed by atoms with Crippen LogP contribution in [0.1, 0.15) is 0 Å². The van der Waals surface area contributed by atoms with Gasteiger partial charge in [-0.1, -0.05) is 72.1 Å². The van der Waals surface area contributed by atoms with Gasteiger partial charge in [0.05, 0.1) is 0 Å². The summed E-state index contributed by atoms with van der Waals surface area (Å²) in [5, 5.41) is 2.44. The summed E-state index contributed by atoms with van der Waals surface area (Å²) >= 11 is 0. The van der Waals surface area contributed by atoms with E-state index in [1.165, 1.54) is 10.4 Å². The van der Waals surface area contributed by atoms with Crippen LogP contribution >= 0.6 is 0 Å². The lowest BCUT2D eigenvalue weighted by molar-refractivity contribution is 0.405. The van der Waals surface area contributed by atoms with Gasteiger partial charge < -0.3 is 8.23 Å². The molecule has 0 amide bonds. The van der Waals surface area contributed by atoms with Gasteiger partial charge in [0, 0.05) is 0 Å². The van der Waals surface area contributed by atoms with E-state index in [9.17, 15) is 0 Å². The Morgan fingerprint density at radius 1 is 0.640 bits per heavy atom. The second-order valence-electron chi connectivity index (χ2n) is 6.96. The Hall–Kier alpha value is -1.51. The molecular weight excluding hydrogens is 356 g/mol. The summed E-state index contributed by atoms with van der Waals surface area (Å²) in [5.74, 6) is 0. The molecule has 2 aromatic carbocycles. The molecule has 2 rings (SSSR count). The van der Waals surface area contributed by atoms with Crippen molar-refractivity contribution in [2.75, 3.05) is 0 Å². The van der Waals surface area contributed by atoms with Gasteiger partial charge in [0.1, 0.15) is 0 Å². The highest BCUT2D eigenvalue weighted by Crippen LogP contribution is 2.22. The summed E-state index contributed by atoms with van der Waals surface area (Å²) in [6.45, 7) is 16.7. The molecule has 0 aliphatic heterocycles. The largest absolute Gasteiger partial charge is 0.429 e. The molecular formula is C20H28O2Si3. The van der Waals surface area contributed by atoms with Crippen LogP contribution in [0.15, 0.2) is 85.2 Å². The number of rotatable bonds is 8. The Labute approximate surface area is 155 Å². The summed E-state index contributed by atoms with van der Waals surface area (Å²) in [4.78, 5) is 0. The van der Waals surface area contributed by atoms with E-state index >= 15 is 0 Å². The lowest BCUT2D eigenvalue weighted by Gasteiger charge is -2.39. The van der Waals surface area contributed by atoms with Crippen molar-refractivity contribution in [2.45, 2.75) is 26.2 Å². The van der Waals surface area contributed by atoms with Crippen molar-refractivity contribution in [3.8, 4) is 0 Å². The Morgan fingerprint density at radius 2 is 0.960 bits per heavy atom. The maximum atomic E-state index is 6.70. The van der Waals surface area contributed by atoms with Gasteiger partial charge in [-0.25, -0.2) is 0 Å². The average molecular weight is 385 g/mol. The van der Waals surface area contributed by atoms with Crippen LogP contribution in [-0.4, -0.2) is 25.2 Å². The molecule has 0 spiro atoms. The maximum absolute atomic E-state index is 6.70. The molecule has 2 unspecified atom stereocenters. The molecule has 2 aromatic rings. The molecule has 0 aliphatic carbocycles. The molecule has 0 aromatic heterocycles. The third-order valence-corrected chi connectivity index (χ3v) is 16.2. The average Bonchev–Trinajstić information content (AvgIpc) is 2.62. The molecule has 2 atom stereocenters. The third-order valence-electron chi connectivity index (χ3n) is 4.39. The summed E-state index contributed by atoms with van der Waals surface area (Å²) < 4.78 is 13.4. The first kappa shape index (κ1) is 19.8. The van der Waals surface area contributed by atoms with Gasteiger partial charge in [-0.3, -0.25) is 0 Å². The molecule has 0 aliphatic rings. The zero-order valence-corrected chi connectivity index (χ0v) is 18.7. The molecule has 2 nitrogen and oxygen atoms in total. The highest BCUT2D eigenvalue weighted by Gasteiger charge is 2.42. The Morgan fingerprint density at radius 3 is 1.24 bits per heavy atom. The fourth-order valence-corrected chi connectivity index (χ4v) is 15.5. The van der Waals surface area contributed by atoms with Crippen molar-refractivity contribution in [3.63, 3.8) is 0 Å². The van der Waals surface area contributed by atoms with Crippen molar-refractivity contribution >= 4 is 35.6 Å². The zero-order chi connectivity index (χ0) is 18.6. The van der Waals surface area contributed by atoms with Crippen LogP contribution in [0.4, 0.5) is 0 Å². The number of hydrogen-bond acceptors (Lipinski definition) is 2. The van der Waals surface area contributed by atoms with Crippen LogP contribution in [0.25, 0.3) is 0 Å². The Balaban J connectivity index is 2.28. The normalized spacial score (nSPS) is 16.5. The zero-order valence-electron chi connectivity index (χ0n) is 15.7.